The fourth-order valence-corrected chi connectivity index (χ4v) is 1.85. The lowest BCUT2D eigenvalue weighted by atomic mass is 10.1. The molecule has 0 bridgehead atoms. The molecule has 5 nitrogen and oxygen atoms in total. The fraction of sp³-hybridized carbons (Fsp3) is 0.308. The predicted molar refractivity (Wildman–Crippen MR) is 66.6 cm³/mol. The average molecular weight is 245 g/mol. The molecule has 0 aliphatic rings. The van der Waals surface area contributed by atoms with Gasteiger partial charge in [-0.3, -0.25) is 4.79 Å². The summed E-state index contributed by atoms with van der Waals surface area (Å²) in [6, 6.07) is 3.62. The Bertz CT molecular complexity index is 552. The zero-order chi connectivity index (χ0) is 13.1. The number of aldehydes is 1. The van der Waals surface area contributed by atoms with E-state index in [1.807, 2.05) is 37.6 Å². The zero-order valence-corrected chi connectivity index (χ0v) is 10.7. The van der Waals surface area contributed by atoms with Gasteiger partial charge in [0.2, 0.25) is 0 Å². The number of carbonyl (C=O) groups excluding carboxylic acids is 1. The van der Waals surface area contributed by atoms with Crippen LogP contribution in [0.15, 0.2) is 18.5 Å². The first-order valence-corrected chi connectivity index (χ1v) is 5.64. The second-order valence-electron chi connectivity index (χ2n) is 4.25. The van der Waals surface area contributed by atoms with Gasteiger partial charge in [-0.2, -0.15) is 0 Å². The largest absolute Gasteiger partial charge is 0.485 e. The Kier molecular flexibility index (Phi) is 3.41. The summed E-state index contributed by atoms with van der Waals surface area (Å²) < 4.78 is 7.56. The third-order valence-corrected chi connectivity index (χ3v) is 2.77. The minimum Gasteiger partial charge on any atom is -0.485 e. The van der Waals surface area contributed by atoms with E-state index < -0.39 is 0 Å². The Morgan fingerprint density at radius 3 is 2.50 bits per heavy atom. The first-order valence-electron chi connectivity index (χ1n) is 5.64. The number of aryl methyl sites for hydroxylation is 3. The number of hydrogen-bond donors (Lipinski definition) is 0. The van der Waals surface area contributed by atoms with Gasteiger partial charge in [0.05, 0.1) is 0 Å². The molecule has 5 heteroatoms. The summed E-state index contributed by atoms with van der Waals surface area (Å²) >= 11 is 0. The molecule has 0 N–H and O–H groups in total. The van der Waals surface area contributed by atoms with Crippen LogP contribution in [0, 0.1) is 13.8 Å². The van der Waals surface area contributed by atoms with Gasteiger partial charge in [0, 0.05) is 12.6 Å². The highest BCUT2D eigenvalue weighted by Crippen LogP contribution is 2.24. The van der Waals surface area contributed by atoms with Crippen LogP contribution in [0.3, 0.4) is 0 Å². The minimum absolute atomic E-state index is 0.360. The van der Waals surface area contributed by atoms with Crippen LogP contribution in [-0.4, -0.2) is 21.1 Å². The molecule has 0 aliphatic heterocycles. The van der Waals surface area contributed by atoms with Crippen LogP contribution in [-0.2, 0) is 13.7 Å². The number of carbonyl (C=O) groups is 1. The topological polar surface area (TPSA) is 57.0 Å². The molecule has 0 fully saturated rings. The summed E-state index contributed by atoms with van der Waals surface area (Å²) in [5.41, 5.74) is 2.55. The minimum atomic E-state index is 0.360. The van der Waals surface area contributed by atoms with Crippen LogP contribution < -0.4 is 4.74 Å². The summed E-state index contributed by atoms with van der Waals surface area (Å²) in [4.78, 5) is 10.7. The maximum atomic E-state index is 10.7. The third-order valence-electron chi connectivity index (χ3n) is 2.77. The molecule has 0 atom stereocenters. The first kappa shape index (κ1) is 12.3. The molecular weight excluding hydrogens is 230 g/mol. The Morgan fingerprint density at radius 2 is 2.00 bits per heavy atom. The Hall–Kier alpha value is -2.17. The molecule has 0 unspecified atom stereocenters. The summed E-state index contributed by atoms with van der Waals surface area (Å²) in [6.07, 6.45) is 2.47. The molecule has 0 saturated carbocycles. The number of rotatable bonds is 4. The standard InChI is InChI=1S/C13H15N3O2/c1-9-4-11(6-17)5-10(2)13(9)18-7-12-15-14-8-16(12)3/h4-6,8H,7H2,1-3H3. The van der Waals surface area contributed by atoms with E-state index in [0.717, 1.165) is 29.0 Å². The van der Waals surface area contributed by atoms with Crippen molar-refractivity contribution in [2.75, 3.05) is 0 Å². The molecule has 0 spiro atoms. The van der Waals surface area contributed by atoms with Crippen molar-refractivity contribution in [2.24, 2.45) is 7.05 Å². The maximum Gasteiger partial charge on any atom is 0.170 e. The summed E-state index contributed by atoms with van der Waals surface area (Å²) in [6.45, 7) is 4.20. The number of benzene rings is 1. The SMILES string of the molecule is Cc1cc(C=O)cc(C)c1OCc1nncn1C. The predicted octanol–water partition coefficient (Wildman–Crippen LogP) is 1.82. The van der Waals surface area contributed by atoms with Gasteiger partial charge in [0.15, 0.2) is 5.82 Å². The van der Waals surface area contributed by atoms with Crippen LogP contribution in [0.2, 0.25) is 0 Å². The smallest absolute Gasteiger partial charge is 0.170 e. The van der Waals surface area contributed by atoms with Gasteiger partial charge >= 0.3 is 0 Å². The summed E-state index contributed by atoms with van der Waals surface area (Å²) in [5.74, 6) is 1.55. The number of aromatic nitrogens is 3. The normalized spacial score (nSPS) is 10.4. The quantitative estimate of drug-likeness (QED) is 0.771. The van der Waals surface area contributed by atoms with Crippen molar-refractivity contribution in [1.82, 2.24) is 14.8 Å². The molecule has 0 aliphatic carbocycles. The molecule has 1 aromatic heterocycles. The van der Waals surface area contributed by atoms with Crippen molar-refractivity contribution in [1.29, 1.82) is 0 Å². The second-order valence-corrected chi connectivity index (χ2v) is 4.25. The first-order chi connectivity index (χ1) is 8.61. The summed E-state index contributed by atoms with van der Waals surface area (Å²) in [5, 5.41) is 7.75. The van der Waals surface area contributed by atoms with Gasteiger partial charge < -0.3 is 9.30 Å². The van der Waals surface area contributed by atoms with Gasteiger partial charge in [-0.25, -0.2) is 0 Å². The zero-order valence-electron chi connectivity index (χ0n) is 10.7. The average Bonchev–Trinajstić information content (AvgIpc) is 2.73. The highest BCUT2D eigenvalue weighted by molar-refractivity contribution is 5.76. The highest BCUT2D eigenvalue weighted by Gasteiger charge is 2.08. The van der Waals surface area contributed by atoms with Crippen molar-refractivity contribution >= 4 is 6.29 Å². The van der Waals surface area contributed by atoms with Crippen LogP contribution in [0.1, 0.15) is 27.3 Å². The van der Waals surface area contributed by atoms with Crippen LogP contribution >= 0.6 is 0 Å². The Morgan fingerprint density at radius 1 is 1.33 bits per heavy atom. The van der Waals surface area contributed by atoms with Crippen molar-refractivity contribution in [2.45, 2.75) is 20.5 Å². The molecule has 94 valence electrons. The molecule has 1 heterocycles. The van der Waals surface area contributed by atoms with Gasteiger partial charge in [-0.1, -0.05) is 0 Å². The lowest BCUT2D eigenvalue weighted by Crippen LogP contribution is -2.05. The molecule has 1 aromatic carbocycles. The van der Waals surface area contributed by atoms with Crippen molar-refractivity contribution in [3.05, 3.63) is 41.0 Å². The molecule has 0 saturated heterocycles. The van der Waals surface area contributed by atoms with E-state index in [1.165, 1.54) is 0 Å². The van der Waals surface area contributed by atoms with E-state index in [9.17, 15) is 4.79 Å². The van der Waals surface area contributed by atoms with E-state index in [4.69, 9.17) is 4.74 Å². The molecule has 2 rings (SSSR count). The van der Waals surface area contributed by atoms with Crippen LogP contribution in [0.25, 0.3) is 0 Å². The lowest BCUT2D eigenvalue weighted by Gasteiger charge is -2.12. The van der Waals surface area contributed by atoms with Crippen molar-refractivity contribution < 1.29 is 9.53 Å². The summed E-state index contributed by atoms with van der Waals surface area (Å²) in [7, 11) is 1.87. The molecule has 0 amide bonds. The van der Waals surface area contributed by atoms with Gasteiger partial charge in [-0.15, -0.1) is 10.2 Å². The number of nitrogens with zero attached hydrogens (tertiary/aromatic N) is 3. The van der Waals surface area contributed by atoms with Crippen LogP contribution in [0.4, 0.5) is 0 Å². The second kappa shape index (κ2) is 5.00. The highest BCUT2D eigenvalue weighted by atomic mass is 16.5. The molecule has 18 heavy (non-hydrogen) atoms. The third kappa shape index (κ3) is 2.40. The Labute approximate surface area is 105 Å². The van der Waals surface area contributed by atoms with Gasteiger partial charge in [0.25, 0.3) is 0 Å². The van der Waals surface area contributed by atoms with E-state index in [0.29, 0.717) is 12.2 Å². The lowest BCUT2D eigenvalue weighted by molar-refractivity contribution is 0.112. The van der Waals surface area contributed by atoms with Crippen molar-refractivity contribution in [3.8, 4) is 5.75 Å². The Balaban J connectivity index is 2.19. The number of ether oxygens (including phenoxy) is 1. The van der Waals surface area contributed by atoms with E-state index in [2.05, 4.69) is 10.2 Å². The molecule has 2 aromatic rings. The monoisotopic (exact) mass is 245 g/mol. The van der Waals surface area contributed by atoms with E-state index >= 15 is 0 Å². The molecular formula is C13H15N3O2. The number of hydrogen-bond acceptors (Lipinski definition) is 4. The van der Waals surface area contributed by atoms with Gasteiger partial charge in [0.1, 0.15) is 25.0 Å². The van der Waals surface area contributed by atoms with Gasteiger partial charge in [-0.05, 0) is 37.1 Å². The van der Waals surface area contributed by atoms with Crippen LogP contribution in [0.5, 0.6) is 5.75 Å². The fourth-order valence-electron chi connectivity index (χ4n) is 1.85. The van der Waals surface area contributed by atoms with E-state index in [1.54, 1.807) is 6.33 Å². The van der Waals surface area contributed by atoms with E-state index in [-0.39, 0.29) is 0 Å². The maximum absolute atomic E-state index is 10.7. The molecule has 0 radical (unpaired) electrons. The van der Waals surface area contributed by atoms with Crippen molar-refractivity contribution in [3.63, 3.8) is 0 Å².